The molecule has 0 fully saturated rings. The first-order chi connectivity index (χ1) is 22.8. The summed E-state index contributed by atoms with van der Waals surface area (Å²) in [7, 11) is 0. The molecule has 2 aromatic heterocycles. The van der Waals surface area contributed by atoms with Crippen molar-refractivity contribution >= 4 is 32.6 Å². The summed E-state index contributed by atoms with van der Waals surface area (Å²) in [5.74, 6) is 1.00. The van der Waals surface area contributed by atoms with Crippen molar-refractivity contribution in [1.29, 1.82) is 0 Å². The van der Waals surface area contributed by atoms with Crippen molar-refractivity contribution in [2.24, 2.45) is 0 Å². The van der Waals surface area contributed by atoms with E-state index in [4.69, 9.17) is 4.42 Å². The van der Waals surface area contributed by atoms with E-state index in [2.05, 4.69) is 154 Å². The Morgan fingerprint density at radius 1 is 0.391 bits per heavy atom. The van der Waals surface area contributed by atoms with Gasteiger partial charge in [-0.2, -0.15) is 0 Å². The maximum Gasteiger partial charge on any atom is 0.248 e. The van der Waals surface area contributed by atoms with E-state index in [0.717, 1.165) is 33.5 Å². The molecule has 0 aliphatic heterocycles. The largest absolute Gasteiger partial charge is 0.416 e. The van der Waals surface area contributed by atoms with E-state index in [1.54, 1.807) is 0 Å². The standard InChI is InChI=1S/C42H27N3O/c1-2-11-34(12-3-1)45-39-16-7-6-14-37(39)38-27-33(25-26-40(38)45)28-17-21-31(22-18-28)41-43-44-42(46-41)32-23-19-30(20-24-32)36-15-8-10-29-9-4-5-13-35(29)36/h1-27H. The van der Waals surface area contributed by atoms with Gasteiger partial charge in [0.1, 0.15) is 0 Å². The van der Waals surface area contributed by atoms with Crippen LogP contribution in [-0.4, -0.2) is 14.8 Å². The van der Waals surface area contributed by atoms with Crippen molar-refractivity contribution in [3.63, 3.8) is 0 Å². The van der Waals surface area contributed by atoms with E-state index in [9.17, 15) is 0 Å². The van der Waals surface area contributed by atoms with Crippen LogP contribution in [0.2, 0.25) is 0 Å². The molecule has 216 valence electrons. The predicted molar refractivity (Wildman–Crippen MR) is 188 cm³/mol. The van der Waals surface area contributed by atoms with Gasteiger partial charge in [-0.3, -0.25) is 0 Å². The summed E-state index contributed by atoms with van der Waals surface area (Å²) in [5.41, 5.74) is 9.97. The molecule has 0 aliphatic carbocycles. The van der Waals surface area contributed by atoms with Gasteiger partial charge in [0, 0.05) is 27.6 Å². The Labute approximate surface area is 265 Å². The number of rotatable bonds is 5. The van der Waals surface area contributed by atoms with Gasteiger partial charge in [0.15, 0.2) is 0 Å². The molecule has 0 atom stereocenters. The van der Waals surface area contributed by atoms with Crippen LogP contribution in [0.25, 0.3) is 83.4 Å². The van der Waals surface area contributed by atoms with Crippen molar-refractivity contribution in [2.45, 2.75) is 0 Å². The number of hydrogen-bond donors (Lipinski definition) is 0. The van der Waals surface area contributed by atoms with Gasteiger partial charge in [0.05, 0.1) is 11.0 Å². The third-order valence-corrected chi connectivity index (χ3v) is 8.81. The molecule has 0 saturated carbocycles. The summed E-state index contributed by atoms with van der Waals surface area (Å²) >= 11 is 0. The lowest BCUT2D eigenvalue weighted by atomic mass is 9.97. The quantitative estimate of drug-likeness (QED) is 0.201. The molecule has 0 unspecified atom stereocenters. The van der Waals surface area contributed by atoms with E-state index in [1.807, 2.05) is 24.3 Å². The Hall–Kier alpha value is -6.26. The van der Waals surface area contributed by atoms with Crippen LogP contribution in [0, 0.1) is 0 Å². The molecule has 0 aliphatic rings. The van der Waals surface area contributed by atoms with Crippen molar-refractivity contribution < 1.29 is 4.42 Å². The highest BCUT2D eigenvalue weighted by Crippen LogP contribution is 2.36. The predicted octanol–water partition coefficient (Wildman–Crippen LogP) is 11.0. The molecule has 0 radical (unpaired) electrons. The molecule has 4 nitrogen and oxygen atoms in total. The van der Waals surface area contributed by atoms with Crippen LogP contribution in [-0.2, 0) is 0 Å². The number of hydrogen-bond acceptors (Lipinski definition) is 3. The SMILES string of the molecule is c1ccc(-n2c3ccccc3c3cc(-c4ccc(-c5nnc(-c6ccc(-c7cccc8ccccc78)cc6)o5)cc4)ccc32)cc1. The average molecular weight is 590 g/mol. The van der Waals surface area contributed by atoms with Crippen molar-refractivity contribution in [1.82, 2.24) is 14.8 Å². The Balaban J connectivity index is 1.00. The van der Waals surface area contributed by atoms with Gasteiger partial charge in [0.2, 0.25) is 11.8 Å². The molecule has 0 saturated heterocycles. The number of nitrogens with zero attached hydrogens (tertiary/aromatic N) is 3. The van der Waals surface area contributed by atoms with Crippen LogP contribution in [0.3, 0.4) is 0 Å². The minimum absolute atomic E-state index is 0.501. The smallest absolute Gasteiger partial charge is 0.248 e. The molecule has 7 aromatic carbocycles. The number of aromatic nitrogens is 3. The first-order valence-corrected chi connectivity index (χ1v) is 15.4. The Morgan fingerprint density at radius 2 is 0.957 bits per heavy atom. The van der Waals surface area contributed by atoms with E-state index in [-0.39, 0.29) is 0 Å². The molecule has 4 heteroatoms. The molecule has 46 heavy (non-hydrogen) atoms. The van der Waals surface area contributed by atoms with Gasteiger partial charge in [-0.1, -0.05) is 109 Å². The molecule has 0 amide bonds. The molecule has 2 heterocycles. The Kier molecular flexibility index (Phi) is 6.10. The van der Waals surface area contributed by atoms with Crippen molar-refractivity contribution in [3.8, 4) is 50.8 Å². The zero-order valence-electron chi connectivity index (χ0n) is 24.8. The van der Waals surface area contributed by atoms with Gasteiger partial charge in [-0.15, -0.1) is 10.2 Å². The summed E-state index contributed by atoms with van der Waals surface area (Å²) in [6, 6.07) is 57.4. The van der Waals surface area contributed by atoms with Crippen molar-refractivity contribution in [2.75, 3.05) is 0 Å². The second kappa shape index (κ2) is 10.7. The molecule has 0 N–H and O–H groups in total. The number of benzene rings is 7. The summed E-state index contributed by atoms with van der Waals surface area (Å²) in [4.78, 5) is 0. The lowest BCUT2D eigenvalue weighted by molar-refractivity contribution is 0.584. The zero-order chi connectivity index (χ0) is 30.5. The lowest BCUT2D eigenvalue weighted by Gasteiger charge is -2.08. The number of fused-ring (bicyclic) bond motifs is 4. The summed E-state index contributed by atoms with van der Waals surface area (Å²) < 4.78 is 8.48. The minimum Gasteiger partial charge on any atom is -0.416 e. The highest BCUT2D eigenvalue weighted by atomic mass is 16.4. The molecular weight excluding hydrogens is 562 g/mol. The zero-order valence-corrected chi connectivity index (χ0v) is 24.8. The fourth-order valence-corrected chi connectivity index (χ4v) is 6.54. The first-order valence-electron chi connectivity index (χ1n) is 15.4. The van der Waals surface area contributed by atoms with Crippen LogP contribution < -0.4 is 0 Å². The third kappa shape index (κ3) is 4.39. The van der Waals surface area contributed by atoms with Crippen LogP contribution in [0.5, 0.6) is 0 Å². The molecular formula is C42H27N3O. The van der Waals surface area contributed by atoms with Gasteiger partial charge in [-0.25, -0.2) is 0 Å². The third-order valence-electron chi connectivity index (χ3n) is 8.81. The maximum atomic E-state index is 6.14. The topological polar surface area (TPSA) is 43.9 Å². The fourth-order valence-electron chi connectivity index (χ4n) is 6.54. The average Bonchev–Trinajstić information content (AvgIpc) is 3.75. The van der Waals surface area contributed by atoms with E-state index in [0.29, 0.717) is 11.8 Å². The summed E-state index contributed by atoms with van der Waals surface area (Å²) in [5, 5.41) is 13.7. The van der Waals surface area contributed by atoms with Crippen LogP contribution >= 0.6 is 0 Å². The van der Waals surface area contributed by atoms with Gasteiger partial charge in [0.25, 0.3) is 0 Å². The van der Waals surface area contributed by atoms with Gasteiger partial charge >= 0.3 is 0 Å². The van der Waals surface area contributed by atoms with Gasteiger partial charge in [-0.05, 0) is 87.6 Å². The fraction of sp³-hybridized carbons (Fsp3) is 0. The molecule has 0 spiro atoms. The molecule has 9 rings (SSSR count). The first kappa shape index (κ1) is 26.2. The maximum absolute atomic E-state index is 6.14. The summed E-state index contributed by atoms with van der Waals surface area (Å²) in [6.45, 7) is 0. The normalized spacial score (nSPS) is 11.5. The van der Waals surface area contributed by atoms with E-state index < -0.39 is 0 Å². The van der Waals surface area contributed by atoms with Crippen molar-refractivity contribution in [3.05, 3.63) is 164 Å². The van der Waals surface area contributed by atoms with E-state index in [1.165, 1.54) is 38.1 Å². The molecule has 0 bridgehead atoms. The van der Waals surface area contributed by atoms with Crippen LogP contribution in [0.4, 0.5) is 0 Å². The second-order valence-corrected chi connectivity index (χ2v) is 11.5. The van der Waals surface area contributed by atoms with E-state index >= 15 is 0 Å². The minimum atomic E-state index is 0.501. The highest BCUT2D eigenvalue weighted by molar-refractivity contribution is 6.10. The summed E-state index contributed by atoms with van der Waals surface area (Å²) in [6.07, 6.45) is 0. The monoisotopic (exact) mass is 589 g/mol. The Bertz CT molecular complexity index is 2500. The lowest BCUT2D eigenvalue weighted by Crippen LogP contribution is -1.92. The molecule has 9 aromatic rings. The second-order valence-electron chi connectivity index (χ2n) is 11.5. The van der Waals surface area contributed by atoms with Gasteiger partial charge < -0.3 is 8.98 Å². The Morgan fingerprint density at radius 3 is 1.72 bits per heavy atom. The van der Waals surface area contributed by atoms with Crippen LogP contribution in [0.1, 0.15) is 0 Å². The highest BCUT2D eigenvalue weighted by Gasteiger charge is 2.15. The van der Waals surface area contributed by atoms with Crippen LogP contribution in [0.15, 0.2) is 168 Å². The number of para-hydroxylation sites is 2.